The largest absolute Gasteiger partial charge is 0.478 e. The second-order valence-corrected chi connectivity index (χ2v) is 2.27. The van der Waals surface area contributed by atoms with Crippen molar-refractivity contribution in [3.8, 4) is 5.88 Å². The minimum absolute atomic E-state index is 0. The van der Waals surface area contributed by atoms with Gasteiger partial charge in [-0.3, -0.25) is 0 Å². The molecule has 0 aliphatic rings. The quantitative estimate of drug-likeness (QED) is 0.682. The molecule has 0 atom stereocenters. The lowest BCUT2D eigenvalue weighted by Gasteiger charge is -2.00. The van der Waals surface area contributed by atoms with Gasteiger partial charge in [0.05, 0.1) is 12.8 Å². The van der Waals surface area contributed by atoms with Crippen LogP contribution in [0.3, 0.4) is 0 Å². The molecule has 0 saturated heterocycles. The molecule has 12 heavy (non-hydrogen) atoms. The van der Waals surface area contributed by atoms with E-state index in [1.165, 1.54) is 0 Å². The van der Waals surface area contributed by atoms with Crippen molar-refractivity contribution in [2.45, 2.75) is 12.8 Å². The van der Waals surface area contributed by atoms with Crippen molar-refractivity contribution in [1.29, 1.82) is 0 Å². The lowest BCUT2D eigenvalue weighted by molar-refractivity contribution is 0.296. The third-order valence-corrected chi connectivity index (χ3v) is 1.33. The fourth-order valence-corrected chi connectivity index (χ4v) is 0.752. The van der Waals surface area contributed by atoms with Crippen LogP contribution in [0.2, 0.25) is 0 Å². The van der Waals surface area contributed by atoms with Crippen LogP contribution < -0.4 is 10.5 Å². The van der Waals surface area contributed by atoms with Crippen molar-refractivity contribution in [1.82, 2.24) is 10.2 Å². The standard InChI is InChI=1S/C7H13N3O.ClH/c8-4-1-2-6-11-7-3-5-9-10-7;/h3,5H,1-2,4,6,8H2,(H,9,10);1H. The van der Waals surface area contributed by atoms with Gasteiger partial charge in [-0.1, -0.05) is 0 Å². The van der Waals surface area contributed by atoms with Crippen LogP contribution in [-0.2, 0) is 0 Å². The highest BCUT2D eigenvalue weighted by molar-refractivity contribution is 5.85. The van der Waals surface area contributed by atoms with E-state index in [2.05, 4.69) is 10.2 Å². The molecule has 0 aliphatic carbocycles. The number of aromatic nitrogens is 2. The molecular formula is C7H14ClN3O. The number of halogens is 1. The molecule has 0 bridgehead atoms. The van der Waals surface area contributed by atoms with Gasteiger partial charge in [0.25, 0.3) is 0 Å². The van der Waals surface area contributed by atoms with E-state index < -0.39 is 0 Å². The lowest BCUT2D eigenvalue weighted by atomic mass is 10.3. The molecule has 1 rings (SSSR count). The van der Waals surface area contributed by atoms with Gasteiger partial charge in [0.1, 0.15) is 0 Å². The summed E-state index contributed by atoms with van der Waals surface area (Å²) in [6, 6.07) is 1.79. The van der Waals surface area contributed by atoms with Crippen molar-refractivity contribution in [3.63, 3.8) is 0 Å². The average Bonchev–Trinajstić information content (AvgIpc) is 2.50. The summed E-state index contributed by atoms with van der Waals surface area (Å²) in [5, 5.41) is 6.46. The summed E-state index contributed by atoms with van der Waals surface area (Å²) in [6.45, 7) is 1.44. The van der Waals surface area contributed by atoms with Crippen molar-refractivity contribution in [2.24, 2.45) is 5.73 Å². The molecule has 5 heteroatoms. The predicted octanol–water partition coefficient (Wildman–Crippen LogP) is 0.949. The number of unbranched alkanes of at least 4 members (excludes halogenated alkanes) is 1. The first-order valence-electron chi connectivity index (χ1n) is 3.75. The molecule has 3 N–H and O–H groups in total. The number of rotatable bonds is 5. The normalized spacial score (nSPS) is 9.08. The highest BCUT2D eigenvalue weighted by atomic mass is 35.5. The molecule has 0 radical (unpaired) electrons. The number of H-pyrrole nitrogens is 1. The first kappa shape index (κ1) is 11.3. The lowest BCUT2D eigenvalue weighted by Crippen LogP contribution is -2.03. The van der Waals surface area contributed by atoms with E-state index >= 15 is 0 Å². The molecule has 1 heterocycles. The number of hydrogen-bond donors (Lipinski definition) is 2. The molecule has 0 aliphatic heterocycles. The van der Waals surface area contributed by atoms with Crippen LogP contribution in [0, 0.1) is 0 Å². The van der Waals surface area contributed by atoms with Crippen LogP contribution in [0.25, 0.3) is 0 Å². The van der Waals surface area contributed by atoms with E-state index in [1.54, 1.807) is 12.3 Å². The Kier molecular flexibility index (Phi) is 6.51. The molecule has 0 fully saturated rings. The van der Waals surface area contributed by atoms with Gasteiger partial charge in [0.2, 0.25) is 5.88 Å². The highest BCUT2D eigenvalue weighted by Gasteiger charge is 1.91. The van der Waals surface area contributed by atoms with Crippen LogP contribution in [0.1, 0.15) is 12.8 Å². The summed E-state index contributed by atoms with van der Waals surface area (Å²) in [6.07, 6.45) is 3.67. The van der Waals surface area contributed by atoms with E-state index in [-0.39, 0.29) is 12.4 Å². The molecule has 4 nitrogen and oxygen atoms in total. The van der Waals surface area contributed by atoms with E-state index in [9.17, 15) is 0 Å². The average molecular weight is 192 g/mol. The third-order valence-electron chi connectivity index (χ3n) is 1.33. The van der Waals surface area contributed by atoms with Gasteiger partial charge in [-0.05, 0) is 19.4 Å². The molecule has 0 aromatic carbocycles. The van der Waals surface area contributed by atoms with Crippen LogP contribution in [0.4, 0.5) is 0 Å². The number of nitrogens with two attached hydrogens (primary N) is 1. The summed E-state index contributed by atoms with van der Waals surface area (Å²) < 4.78 is 5.27. The second-order valence-electron chi connectivity index (χ2n) is 2.27. The number of nitrogens with one attached hydrogen (secondary N) is 1. The van der Waals surface area contributed by atoms with Gasteiger partial charge < -0.3 is 10.5 Å². The van der Waals surface area contributed by atoms with Gasteiger partial charge in [0.15, 0.2) is 0 Å². The summed E-state index contributed by atoms with van der Waals surface area (Å²) in [5.74, 6) is 0.724. The smallest absolute Gasteiger partial charge is 0.208 e. The Balaban J connectivity index is 0.00000121. The van der Waals surface area contributed by atoms with Crippen molar-refractivity contribution in [3.05, 3.63) is 12.3 Å². The van der Waals surface area contributed by atoms with Crippen molar-refractivity contribution < 1.29 is 4.74 Å². The Morgan fingerprint density at radius 3 is 2.92 bits per heavy atom. The molecule has 0 spiro atoms. The Morgan fingerprint density at radius 1 is 1.50 bits per heavy atom. The maximum atomic E-state index is 5.31. The fraction of sp³-hybridized carbons (Fsp3) is 0.571. The highest BCUT2D eigenvalue weighted by Crippen LogP contribution is 2.02. The SMILES string of the molecule is Cl.NCCCCOc1ccn[nH]1. The maximum Gasteiger partial charge on any atom is 0.208 e. The Labute approximate surface area is 77.9 Å². The fourth-order valence-electron chi connectivity index (χ4n) is 0.752. The minimum atomic E-state index is 0. The Morgan fingerprint density at radius 2 is 2.33 bits per heavy atom. The molecular weight excluding hydrogens is 178 g/mol. The van der Waals surface area contributed by atoms with Gasteiger partial charge in [0, 0.05) is 6.07 Å². The van der Waals surface area contributed by atoms with Gasteiger partial charge >= 0.3 is 0 Å². The number of ether oxygens (including phenoxy) is 1. The van der Waals surface area contributed by atoms with Gasteiger partial charge in [-0.2, -0.15) is 5.10 Å². The van der Waals surface area contributed by atoms with Gasteiger partial charge in [-0.15, -0.1) is 12.4 Å². The van der Waals surface area contributed by atoms with Crippen LogP contribution in [-0.4, -0.2) is 23.3 Å². The van der Waals surface area contributed by atoms with Crippen molar-refractivity contribution >= 4 is 12.4 Å². The van der Waals surface area contributed by atoms with E-state index in [0.717, 1.165) is 25.3 Å². The molecule has 0 amide bonds. The summed E-state index contributed by atoms with van der Waals surface area (Å²) in [7, 11) is 0. The summed E-state index contributed by atoms with van der Waals surface area (Å²) in [5.41, 5.74) is 5.31. The van der Waals surface area contributed by atoms with Crippen molar-refractivity contribution in [2.75, 3.05) is 13.2 Å². The number of hydrogen-bond acceptors (Lipinski definition) is 3. The predicted molar refractivity (Wildman–Crippen MR) is 49.6 cm³/mol. The second kappa shape index (κ2) is 6.94. The minimum Gasteiger partial charge on any atom is -0.478 e. The molecule has 0 saturated carbocycles. The van der Waals surface area contributed by atoms with E-state index in [1.807, 2.05) is 0 Å². The van der Waals surface area contributed by atoms with Crippen LogP contribution in [0.5, 0.6) is 5.88 Å². The first-order chi connectivity index (χ1) is 5.43. The first-order valence-corrected chi connectivity index (χ1v) is 3.75. The maximum absolute atomic E-state index is 5.31. The summed E-state index contributed by atoms with van der Waals surface area (Å²) >= 11 is 0. The molecule has 70 valence electrons. The monoisotopic (exact) mass is 191 g/mol. The summed E-state index contributed by atoms with van der Waals surface area (Å²) in [4.78, 5) is 0. The molecule has 0 unspecified atom stereocenters. The Hall–Kier alpha value is -0.740. The van der Waals surface area contributed by atoms with Crippen LogP contribution in [0.15, 0.2) is 12.3 Å². The van der Waals surface area contributed by atoms with E-state index in [4.69, 9.17) is 10.5 Å². The Bertz CT molecular complexity index is 179. The van der Waals surface area contributed by atoms with Gasteiger partial charge in [-0.25, -0.2) is 5.10 Å². The molecule has 1 aromatic rings. The third kappa shape index (κ3) is 4.20. The number of aromatic amines is 1. The molecule has 1 aromatic heterocycles. The van der Waals surface area contributed by atoms with E-state index in [0.29, 0.717) is 6.61 Å². The zero-order valence-electron chi connectivity index (χ0n) is 6.82. The number of nitrogens with zero attached hydrogens (tertiary/aromatic N) is 1. The zero-order valence-corrected chi connectivity index (χ0v) is 7.64. The topological polar surface area (TPSA) is 63.9 Å². The van der Waals surface area contributed by atoms with Crippen LogP contribution >= 0.6 is 12.4 Å². The zero-order chi connectivity index (χ0) is 7.94.